The second kappa shape index (κ2) is 8.19. The van der Waals surface area contributed by atoms with Crippen LogP contribution in [0.5, 0.6) is 0 Å². The number of aromatic nitrogens is 2. The maximum atomic E-state index is 12.9. The number of carbonyl (C=O) groups excluding carboxylic acids is 1. The van der Waals surface area contributed by atoms with Crippen molar-refractivity contribution in [3.8, 4) is 0 Å². The normalized spacial score (nSPS) is 27.3. The number of carbonyl (C=O) groups is 1. The molecule has 0 aromatic carbocycles. The molecule has 8 heteroatoms. The van der Waals surface area contributed by atoms with E-state index in [9.17, 15) is 4.79 Å². The fraction of sp³-hybridized carbons (Fsp3) is 0.722. The van der Waals surface area contributed by atoms with Gasteiger partial charge in [-0.2, -0.15) is 0 Å². The van der Waals surface area contributed by atoms with Crippen molar-refractivity contribution in [3.63, 3.8) is 0 Å². The van der Waals surface area contributed by atoms with Crippen molar-refractivity contribution >= 4 is 27.8 Å². The summed E-state index contributed by atoms with van der Waals surface area (Å²) >= 11 is 3.37. The van der Waals surface area contributed by atoms with Crippen molar-refractivity contribution in [2.45, 2.75) is 37.8 Å². The quantitative estimate of drug-likeness (QED) is 0.734. The second-order valence-electron chi connectivity index (χ2n) is 7.31. The second-order valence-corrected chi connectivity index (χ2v) is 8.23. The minimum Gasteiger partial charge on any atom is -0.374 e. The fourth-order valence-electron chi connectivity index (χ4n) is 4.26. The number of hydrogen-bond donors (Lipinski definition) is 0. The number of fused-ring (bicyclic) bond motifs is 1. The van der Waals surface area contributed by atoms with E-state index in [0.29, 0.717) is 19.2 Å². The van der Waals surface area contributed by atoms with Gasteiger partial charge in [-0.25, -0.2) is 9.97 Å². The van der Waals surface area contributed by atoms with E-state index >= 15 is 0 Å². The van der Waals surface area contributed by atoms with E-state index in [2.05, 4.69) is 40.6 Å². The van der Waals surface area contributed by atoms with Gasteiger partial charge in [-0.05, 0) is 28.8 Å². The highest BCUT2D eigenvalue weighted by atomic mass is 79.9. The zero-order valence-electron chi connectivity index (χ0n) is 15.0. The van der Waals surface area contributed by atoms with Gasteiger partial charge < -0.3 is 14.5 Å². The number of anilines is 1. The molecule has 2 saturated heterocycles. The molecular formula is C18H26BrN5O2. The Balaban J connectivity index is 1.29. The number of piperazine rings is 1. The van der Waals surface area contributed by atoms with Crippen molar-refractivity contribution in [1.29, 1.82) is 0 Å². The minimum atomic E-state index is 0.257. The molecule has 142 valence electrons. The van der Waals surface area contributed by atoms with Crippen LogP contribution in [0.15, 0.2) is 16.9 Å². The van der Waals surface area contributed by atoms with Gasteiger partial charge in [0, 0.05) is 45.1 Å². The molecular weight excluding hydrogens is 398 g/mol. The SMILES string of the molecule is O=C(CN1CCN(c2ncc(Br)cn2)CC1)N1CCOC2CCCCC21. The average molecular weight is 424 g/mol. The molecule has 7 nitrogen and oxygen atoms in total. The Morgan fingerprint density at radius 1 is 1.12 bits per heavy atom. The molecule has 3 fully saturated rings. The summed E-state index contributed by atoms with van der Waals surface area (Å²) in [5.41, 5.74) is 0. The number of morpholine rings is 1. The predicted molar refractivity (Wildman–Crippen MR) is 102 cm³/mol. The minimum absolute atomic E-state index is 0.257. The van der Waals surface area contributed by atoms with Gasteiger partial charge in [0.15, 0.2) is 0 Å². The Labute approximate surface area is 162 Å². The number of amides is 1. The number of ether oxygens (including phenoxy) is 1. The van der Waals surface area contributed by atoms with Gasteiger partial charge in [-0.15, -0.1) is 0 Å². The molecule has 2 unspecified atom stereocenters. The Kier molecular flexibility index (Phi) is 5.71. The van der Waals surface area contributed by atoms with E-state index < -0.39 is 0 Å². The van der Waals surface area contributed by atoms with Crippen LogP contribution >= 0.6 is 15.9 Å². The molecule has 2 atom stereocenters. The van der Waals surface area contributed by atoms with Crippen LogP contribution in [-0.2, 0) is 9.53 Å². The molecule has 1 aromatic heterocycles. The van der Waals surface area contributed by atoms with Gasteiger partial charge in [0.2, 0.25) is 11.9 Å². The van der Waals surface area contributed by atoms with E-state index in [4.69, 9.17) is 4.74 Å². The number of hydrogen-bond acceptors (Lipinski definition) is 6. The maximum absolute atomic E-state index is 12.9. The van der Waals surface area contributed by atoms with Gasteiger partial charge in [-0.1, -0.05) is 12.8 Å². The van der Waals surface area contributed by atoms with Gasteiger partial charge in [0.25, 0.3) is 0 Å². The molecule has 3 heterocycles. The van der Waals surface area contributed by atoms with Crippen LogP contribution < -0.4 is 4.90 Å². The first-order chi connectivity index (χ1) is 12.7. The standard InChI is InChI=1S/C18H26BrN5O2/c19-14-11-20-18(21-12-14)23-7-5-22(6-8-23)13-17(25)24-9-10-26-16-4-2-1-3-15(16)24/h11-12,15-16H,1-10,13H2. The molecule has 1 aliphatic carbocycles. The third-order valence-electron chi connectivity index (χ3n) is 5.67. The van der Waals surface area contributed by atoms with Crippen molar-refractivity contribution in [3.05, 3.63) is 16.9 Å². The number of halogens is 1. The molecule has 1 amide bonds. The van der Waals surface area contributed by atoms with Crippen molar-refractivity contribution < 1.29 is 9.53 Å². The van der Waals surface area contributed by atoms with E-state index in [1.165, 1.54) is 12.8 Å². The highest BCUT2D eigenvalue weighted by Crippen LogP contribution is 2.28. The molecule has 1 aromatic rings. The van der Waals surface area contributed by atoms with Crippen LogP contribution in [0, 0.1) is 0 Å². The Morgan fingerprint density at radius 3 is 2.62 bits per heavy atom. The topological polar surface area (TPSA) is 61.8 Å². The Morgan fingerprint density at radius 2 is 1.85 bits per heavy atom. The largest absolute Gasteiger partial charge is 0.374 e. The first kappa shape index (κ1) is 18.1. The van der Waals surface area contributed by atoms with E-state index in [1.807, 2.05) is 0 Å². The van der Waals surface area contributed by atoms with Crippen LogP contribution in [0.25, 0.3) is 0 Å². The van der Waals surface area contributed by atoms with E-state index in [1.54, 1.807) is 12.4 Å². The molecule has 0 bridgehead atoms. The van der Waals surface area contributed by atoms with Gasteiger partial charge in [-0.3, -0.25) is 9.69 Å². The third kappa shape index (κ3) is 4.02. The Bertz CT molecular complexity index is 619. The van der Waals surface area contributed by atoms with Crippen LogP contribution in [0.2, 0.25) is 0 Å². The number of nitrogens with zero attached hydrogens (tertiary/aromatic N) is 5. The molecule has 26 heavy (non-hydrogen) atoms. The zero-order chi connectivity index (χ0) is 17.9. The Hall–Kier alpha value is -1.25. The summed E-state index contributed by atoms with van der Waals surface area (Å²) in [7, 11) is 0. The van der Waals surface area contributed by atoms with Gasteiger partial charge in [0.05, 0.1) is 29.8 Å². The fourth-order valence-corrected chi connectivity index (χ4v) is 4.47. The summed E-state index contributed by atoms with van der Waals surface area (Å²) in [6.45, 7) is 5.37. The molecule has 3 aliphatic rings. The summed E-state index contributed by atoms with van der Waals surface area (Å²) in [5.74, 6) is 1.02. The molecule has 0 N–H and O–H groups in total. The highest BCUT2D eigenvalue weighted by molar-refractivity contribution is 9.10. The van der Waals surface area contributed by atoms with Crippen LogP contribution in [-0.4, -0.2) is 83.7 Å². The molecule has 0 radical (unpaired) electrons. The van der Waals surface area contributed by atoms with Crippen molar-refractivity contribution in [2.24, 2.45) is 0 Å². The van der Waals surface area contributed by atoms with Crippen LogP contribution in [0.3, 0.4) is 0 Å². The van der Waals surface area contributed by atoms with Gasteiger partial charge >= 0.3 is 0 Å². The predicted octanol–water partition coefficient (Wildman–Crippen LogP) is 1.53. The van der Waals surface area contributed by atoms with Crippen molar-refractivity contribution in [2.75, 3.05) is 50.8 Å². The first-order valence-electron chi connectivity index (χ1n) is 9.56. The van der Waals surface area contributed by atoms with Crippen LogP contribution in [0.1, 0.15) is 25.7 Å². The smallest absolute Gasteiger partial charge is 0.237 e. The summed E-state index contributed by atoms with van der Waals surface area (Å²) in [6, 6.07) is 0.294. The lowest BCUT2D eigenvalue weighted by Gasteiger charge is -2.44. The lowest BCUT2D eigenvalue weighted by Crippen LogP contribution is -2.58. The maximum Gasteiger partial charge on any atom is 0.237 e. The van der Waals surface area contributed by atoms with E-state index in [-0.39, 0.29) is 12.0 Å². The molecule has 1 saturated carbocycles. The molecule has 0 spiro atoms. The molecule has 4 rings (SSSR count). The first-order valence-corrected chi connectivity index (χ1v) is 10.4. The van der Waals surface area contributed by atoms with E-state index in [0.717, 1.165) is 56.0 Å². The van der Waals surface area contributed by atoms with Crippen LogP contribution in [0.4, 0.5) is 5.95 Å². The average Bonchev–Trinajstić information content (AvgIpc) is 2.69. The summed E-state index contributed by atoms with van der Waals surface area (Å²) in [4.78, 5) is 28.2. The van der Waals surface area contributed by atoms with Gasteiger partial charge in [0.1, 0.15) is 0 Å². The summed E-state index contributed by atoms with van der Waals surface area (Å²) in [5, 5.41) is 0. The molecule has 2 aliphatic heterocycles. The lowest BCUT2D eigenvalue weighted by molar-refractivity contribution is -0.150. The monoisotopic (exact) mass is 423 g/mol. The highest BCUT2D eigenvalue weighted by Gasteiger charge is 2.37. The van der Waals surface area contributed by atoms with Crippen molar-refractivity contribution in [1.82, 2.24) is 19.8 Å². The summed E-state index contributed by atoms with van der Waals surface area (Å²) < 4.78 is 6.78. The number of rotatable bonds is 3. The zero-order valence-corrected chi connectivity index (χ0v) is 16.6. The third-order valence-corrected chi connectivity index (χ3v) is 6.08. The summed E-state index contributed by atoms with van der Waals surface area (Å²) in [6.07, 6.45) is 8.43. The lowest BCUT2D eigenvalue weighted by atomic mass is 9.90.